The third kappa shape index (κ3) is 3.67. The zero-order valence-electron chi connectivity index (χ0n) is 14.1. The van der Waals surface area contributed by atoms with E-state index >= 15 is 0 Å². The highest BCUT2D eigenvalue weighted by molar-refractivity contribution is 7.12. The Morgan fingerprint density at radius 3 is 2.50 bits per heavy atom. The molecule has 126 valence electrons. The Morgan fingerprint density at radius 1 is 1.12 bits per heavy atom. The molecule has 1 aliphatic heterocycles. The summed E-state index contributed by atoms with van der Waals surface area (Å²) in [6.45, 7) is 5.40. The van der Waals surface area contributed by atoms with E-state index in [4.69, 9.17) is 0 Å². The lowest BCUT2D eigenvalue weighted by molar-refractivity contribution is -0.141. The highest BCUT2D eigenvalue weighted by Gasteiger charge is 2.32. The number of benzene rings is 1. The molecule has 1 aliphatic rings. The van der Waals surface area contributed by atoms with E-state index in [1.807, 2.05) is 46.2 Å². The maximum atomic E-state index is 12.9. The Bertz CT molecular complexity index is 726. The maximum absolute atomic E-state index is 12.9. The number of amides is 2. The standard InChI is InChI=1S/C19H22N2O2S/c1-14-8-9-17(24-14)12-19(23)21-11-10-20(15(2)22)13-18(21)16-6-4-3-5-7-16/h3-9,18H,10-13H2,1-2H3. The summed E-state index contributed by atoms with van der Waals surface area (Å²) in [4.78, 5) is 30.7. The van der Waals surface area contributed by atoms with Crippen LogP contribution in [0, 0.1) is 6.92 Å². The van der Waals surface area contributed by atoms with Gasteiger partial charge in [0, 0.05) is 36.3 Å². The molecule has 2 amide bonds. The molecule has 1 atom stereocenters. The first-order chi connectivity index (χ1) is 11.5. The molecule has 1 fully saturated rings. The molecular formula is C19H22N2O2S. The van der Waals surface area contributed by atoms with Gasteiger partial charge >= 0.3 is 0 Å². The molecule has 0 radical (unpaired) electrons. The van der Waals surface area contributed by atoms with Crippen molar-refractivity contribution in [2.45, 2.75) is 26.3 Å². The van der Waals surface area contributed by atoms with Crippen molar-refractivity contribution >= 4 is 23.2 Å². The predicted molar refractivity (Wildman–Crippen MR) is 95.9 cm³/mol. The van der Waals surface area contributed by atoms with E-state index in [1.165, 1.54) is 4.88 Å². The zero-order valence-corrected chi connectivity index (χ0v) is 14.9. The monoisotopic (exact) mass is 342 g/mol. The van der Waals surface area contributed by atoms with Crippen LogP contribution in [0.15, 0.2) is 42.5 Å². The van der Waals surface area contributed by atoms with Crippen LogP contribution < -0.4 is 0 Å². The van der Waals surface area contributed by atoms with Gasteiger partial charge in [0.05, 0.1) is 12.5 Å². The second-order valence-electron chi connectivity index (χ2n) is 6.17. The second kappa shape index (κ2) is 7.18. The number of piperazine rings is 1. The van der Waals surface area contributed by atoms with Gasteiger partial charge < -0.3 is 9.80 Å². The van der Waals surface area contributed by atoms with Gasteiger partial charge in [0.1, 0.15) is 0 Å². The van der Waals surface area contributed by atoms with Crippen molar-refractivity contribution in [1.82, 2.24) is 9.80 Å². The van der Waals surface area contributed by atoms with Gasteiger partial charge in [-0.3, -0.25) is 9.59 Å². The summed E-state index contributed by atoms with van der Waals surface area (Å²) in [5.74, 6) is 0.200. The van der Waals surface area contributed by atoms with Crippen LogP contribution in [0.2, 0.25) is 0 Å². The van der Waals surface area contributed by atoms with Gasteiger partial charge in [-0.05, 0) is 24.6 Å². The van der Waals surface area contributed by atoms with Crippen LogP contribution in [0.3, 0.4) is 0 Å². The Kier molecular flexibility index (Phi) is 5.00. The largest absolute Gasteiger partial charge is 0.339 e. The molecule has 3 rings (SSSR count). The minimum atomic E-state index is -0.0718. The topological polar surface area (TPSA) is 40.6 Å². The fraction of sp³-hybridized carbons (Fsp3) is 0.368. The summed E-state index contributed by atoms with van der Waals surface area (Å²) in [5, 5.41) is 0. The van der Waals surface area contributed by atoms with Crippen molar-refractivity contribution in [1.29, 1.82) is 0 Å². The van der Waals surface area contributed by atoms with Crippen LogP contribution in [-0.4, -0.2) is 41.2 Å². The van der Waals surface area contributed by atoms with Crippen molar-refractivity contribution < 1.29 is 9.59 Å². The summed E-state index contributed by atoms with van der Waals surface area (Å²) < 4.78 is 0. The second-order valence-corrected chi connectivity index (χ2v) is 7.54. The Labute approximate surface area is 146 Å². The third-order valence-corrected chi connectivity index (χ3v) is 5.45. The van der Waals surface area contributed by atoms with E-state index in [1.54, 1.807) is 18.3 Å². The average molecular weight is 342 g/mol. The third-order valence-electron chi connectivity index (χ3n) is 4.45. The highest BCUT2D eigenvalue weighted by Crippen LogP contribution is 2.27. The van der Waals surface area contributed by atoms with Crippen LogP contribution in [-0.2, 0) is 16.0 Å². The molecule has 1 unspecified atom stereocenters. The summed E-state index contributed by atoms with van der Waals surface area (Å²) in [7, 11) is 0. The molecule has 1 aromatic carbocycles. The van der Waals surface area contributed by atoms with Gasteiger partial charge in [0.2, 0.25) is 11.8 Å². The fourth-order valence-corrected chi connectivity index (χ4v) is 4.04. The molecule has 4 nitrogen and oxygen atoms in total. The van der Waals surface area contributed by atoms with E-state index < -0.39 is 0 Å². The van der Waals surface area contributed by atoms with Gasteiger partial charge in [-0.2, -0.15) is 0 Å². The van der Waals surface area contributed by atoms with E-state index in [-0.39, 0.29) is 17.9 Å². The normalized spacial score (nSPS) is 17.8. The molecule has 0 spiro atoms. The van der Waals surface area contributed by atoms with Crippen molar-refractivity contribution in [3.8, 4) is 0 Å². The van der Waals surface area contributed by atoms with Gasteiger partial charge in [-0.1, -0.05) is 30.3 Å². The molecule has 1 aromatic heterocycles. The zero-order chi connectivity index (χ0) is 17.1. The molecular weight excluding hydrogens is 320 g/mol. The fourth-order valence-electron chi connectivity index (χ4n) is 3.16. The van der Waals surface area contributed by atoms with Gasteiger partial charge in [-0.15, -0.1) is 11.3 Å². The number of carbonyl (C=O) groups is 2. The SMILES string of the molecule is CC(=O)N1CCN(C(=O)Cc2ccc(C)s2)C(c2ccccc2)C1. The Morgan fingerprint density at radius 2 is 1.88 bits per heavy atom. The minimum absolute atomic E-state index is 0.0666. The highest BCUT2D eigenvalue weighted by atomic mass is 32.1. The van der Waals surface area contributed by atoms with E-state index in [9.17, 15) is 9.59 Å². The quantitative estimate of drug-likeness (QED) is 0.860. The maximum Gasteiger partial charge on any atom is 0.228 e. The molecule has 0 N–H and O–H groups in total. The smallest absolute Gasteiger partial charge is 0.228 e. The van der Waals surface area contributed by atoms with Gasteiger partial charge in [-0.25, -0.2) is 0 Å². The summed E-state index contributed by atoms with van der Waals surface area (Å²) in [6.07, 6.45) is 0.432. The van der Waals surface area contributed by atoms with Gasteiger partial charge in [0.15, 0.2) is 0 Å². The first-order valence-corrected chi connectivity index (χ1v) is 9.01. The lowest BCUT2D eigenvalue weighted by Crippen LogP contribution is -2.52. The molecule has 0 aliphatic carbocycles. The summed E-state index contributed by atoms with van der Waals surface area (Å²) in [5.41, 5.74) is 1.08. The van der Waals surface area contributed by atoms with Crippen LogP contribution >= 0.6 is 11.3 Å². The van der Waals surface area contributed by atoms with E-state index in [0.717, 1.165) is 10.4 Å². The number of nitrogens with zero attached hydrogens (tertiary/aromatic N) is 2. The van der Waals surface area contributed by atoms with Crippen LogP contribution in [0.4, 0.5) is 0 Å². The number of rotatable bonds is 3. The molecule has 0 bridgehead atoms. The van der Waals surface area contributed by atoms with E-state index in [2.05, 4.69) is 13.0 Å². The first kappa shape index (κ1) is 16.7. The van der Waals surface area contributed by atoms with Crippen LogP contribution in [0.5, 0.6) is 0 Å². The van der Waals surface area contributed by atoms with Crippen molar-refractivity contribution in [2.75, 3.05) is 19.6 Å². The molecule has 1 saturated heterocycles. The van der Waals surface area contributed by atoms with Crippen molar-refractivity contribution in [3.05, 3.63) is 57.8 Å². The van der Waals surface area contributed by atoms with Crippen LogP contribution in [0.1, 0.15) is 28.3 Å². The Balaban J connectivity index is 1.81. The lowest BCUT2D eigenvalue weighted by atomic mass is 10.0. The molecule has 2 aromatic rings. The molecule has 5 heteroatoms. The summed E-state index contributed by atoms with van der Waals surface area (Å²) in [6, 6.07) is 14.0. The first-order valence-electron chi connectivity index (χ1n) is 8.20. The number of carbonyl (C=O) groups excluding carboxylic acids is 2. The average Bonchev–Trinajstić information content (AvgIpc) is 3.00. The predicted octanol–water partition coefficient (Wildman–Crippen LogP) is 3.03. The van der Waals surface area contributed by atoms with Crippen molar-refractivity contribution in [3.63, 3.8) is 0 Å². The number of thiophene rings is 1. The summed E-state index contributed by atoms with van der Waals surface area (Å²) >= 11 is 1.67. The minimum Gasteiger partial charge on any atom is -0.339 e. The van der Waals surface area contributed by atoms with Crippen LogP contribution in [0.25, 0.3) is 0 Å². The number of hydrogen-bond acceptors (Lipinski definition) is 3. The number of aryl methyl sites for hydroxylation is 1. The molecule has 2 heterocycles. The Hall–Kier alpha value is -2.14. The lowest BCUT2D eigenvalue weighted by Gasteiger charge is -2.41. The molecule has 24 heavy (non-hydrogen) atoms. The number of hydrogen-bond donors (Lipinski definition) is 0. The molecule has 0 saturated carbocycles. The van der Waals surface area contributed by atoms with Gasteiger partial charge in [0.25, 0.3) is 0 Å². The van der Waals surface area contributed by atoms with E-state index in [0.29, 0.717) is 26.1 Å². The van der Waals surface area contributed by atoms with Crippen molar-refractivity contribution in [2.24, 2.45) is 0 Å².